The van der Waals surface area contributed by atoms with Gasteiger partial charge >= 0.3 is 6.18 Å². The third-order valence-electron chi connectivity index (χ3n) is 4.72. The summed E-state index contributed by atoms with van der Waals surface area (Å²) in [5.74, 6) is -0.191. The molecule has 1 saturated carbocycles. The molecule has 0 aromatic carbocycles. The fourth-order valence-electron chi connectivity index (χ4n) is 3.53. The fraction of sp³-hybridized carbons (Fsp3) is 0.923. The van der Waals surface area contributed by atoms with Crippen LogP contribution in [-0.2, 0) is 4.79 Å². The Hall–Kier alpha value is -0.780. The molecule has 3 fully saturated rings. The second kappa shape index (κ2) is 4.36. The summed E-state index contributed by atoms with van der Waals surface area (Å²) in [6.45, 7) is 0. The minimum Gasteiger partial charge on any atom is -0.342 e. The van der Waals surface area contributed by atoms with Crippen LogP contribution < -0.4 is 10.6 Å². The lowest BCUT2D eigenvalue weighted by Crippen LogP contribution is -2.49. The molecule has 2 atom stereocenters. The molecule has 1 aliphatic carbocycles. The van der Waals surface area contributed by atoms with Gasteiger partial charge in [0.2, 0.25) is 5.91 Å². The van der Waals surface area contributed by atoms with Gasteiger partial charge in [0, 0.05) is 18.5 Å². The van der Waals surface area contributed by atoms with Gasteiger partial charge in [-0.3, -0.25) is 4.79 Å². The Labute approximate surface area is 110 Å². The molecule has 2 saturated heterocycles. The third-order valence-corrected chi connectivity index (χ3v) is 4.72. The van der Waals surface area contributed by atoms with Crippen molar-refractivity contribution in [1.82, 2.24) is 10.6 Å². The van der Waals surface area contributed by atoms with Crippen LogP contribution in [0.3, 0.4) is 0 Å². The minimum atomic E-state index is -4.31. The van der Waals surface area contributed by atoms with E-state index in [2.05, 4.69) is 10.6 Å². The average Bonchev–Trinajstić information content (AvgIpc) is 2.99. The molecule has 108 valence electrons. The maximum Gasteiger partial charge on any atom is 0.411 e. The molecule has 0 radical (unpaired) electrons. The number of halogens is 3. The lowest BCUT2D eigenvalue weighted by Gasteiger charge is -2.29. The lowest BCUT2D eigenvalue weighted by atomic mass is 9.89. The van der Waals surface area contributed by atoms with E-state index in [1.807, 2.05) is 0 Å². The number of hydrogen-bond acceptors (Lipinski definition) is 2. The summed E-state index contributed by atoms with van der Waals surface area (Å²) in [6, 6.07) is 0.933. The van der Waals surface area contributed by atoms with Crippen molar-refractivity contribution in [2.24, 2.45) is 5.92 Å². The third kappa shape index (κ3) is 2.59. The molecule has 3 rings (SSSR count). The predicted octanol–water partition coefficient (Wildman–Crippen LogP) is 2.12. The van der Waals surface area contributed by atoms with Gasteiger partial charge in [-0.1, -0.05) is 0 Å². The highest BCUT2D eigenvalue weighted by molar-refractivity contribution is 5.77. The maximum absolute atomic E-state index is 12.7. The van der Waals surface area contributed by atoms with Crippen LogP contribution in [0.4, 0.5) is 13.2 Å². The SMILES string of the molecule is O=C(CC1CC2CCC(C1)N2)NC1(C(F)(F)F)CC1. The second-order valence-electron chi connectivity index (χ2n) is 6.31. The number of rotatable bonds is 3. The number of hydrogen-bond donors (Lipinski definition) is 2. The predicted molar refractivity (Wildman–Crippen MR) is 63.4 cm³/mol. The zero-order chi connectivity index (χ0) is 13.7. The summed E-state index contributed by atoms with van der Waals surface area (Å²) >= 11 is 0. The molecule has 3 nitrogen and oxygen atoms in total. The summed E-state index contributed by atoms with van der Waals surface area (Å²) in [5, 5.41) is 5.69. The first kappa shape index (κ1) is 13.2. The van der Waals surface area contributed by atoms with Gasteiger partial charge in [0.1, 0.15) is 5.54 Å². The number of amides is 1. The summed E-state index contributed by atoms with van der Waals surface area (Å²) in [7, 11) is 0. The van der Waals surface area contributed by atoms with E-state index in [4.69, 9.17) is 0 Å². The van der Waals surface area contributed by atoms with E-state index < -0.39 is 17.6 Å². The van der Waals surface area contributed by atoms with Crippen LogP contribution in [0, 0.1) is 5.92 Å². The highest BCUT2D eigenvalue weighted by atomic mass is 19.4. The first-order valence-corrected chi connectivity index (χ1v) is 7.02. The number of piperidine rings is 1. The number of carbonyl (C=O) groups is 1. The molecule has 2 heterocycles. The van der Waals surface area contributed by atoms with Gasteiger partial charge in [-0.15, -0.1) is 0 Å². The highest BCUT2D eigenvalue weighted by Crippen LogP contribution is 2.49. The number of carbonyl (C=O) groups excluding carboxylic acids is 1. The monoisotopic (exact) mass is 276 g/mol. The van der Waals surface area contributed by atoms with Crippen LogP contribution in [0.1, 0.15) is 44.9 Å². The largest absolute Gasteiger partial charge is 0.411 e. The van der Waals surface area contributed by atoms with Crippen LogP contribution in [0.25, 0.3) is 0 Å². The number of alkyl halides is 3. The molecular formula is C13H19F3N2O. The molecule has 0 spiro atoms. The van der Waals surface area contributed by atoms with Crippen molar-refractivity contribution in [2.45, 2.75) is 68.7 Å². The van der Waals surface area contributed by atoms with Crippen LogP contribution in [0.15, 0.2) is 0 Å². The van der Waals surface area contributed by atoms with Crippen molar-refractivity contribution in [1.29, 1.82) is 0 Å². The Kier molecular flexibility index (Phi) is 3.04. The maximum atomic E-state index is 12.7. The standard InChI is InChI=1S/C13H19F3N2O/c14-13(15,16)12(3-4-12)18-11(19)7-8-5-9-1-2-10(6-8)17-9/h8-10,17H,1-7H2,(H,18,19). The normalized spacial score (nSPS) is 36.1. The van der Waals surface area contributed by atoms with Crippen molar-refractivity contribution in [3.8, 4) is 0 Å². The van der Waals surface area contributed by atoms with Crippen LogP contribution in [-0.4, -0.2) is 29.7 Å². The fourth-order valence-corrected chi connectivity index (χ4v) is 3.53. The molecule has 0 aromatic heterocycles. The van der Waals surface area contributed by atoms with Crippen molar-refractivity contribution in [2.75, 3.05) is 0 Å². The van der Waals surface area contributed by atoms with E-state index in [0.717, 1.165) is 25.7 Å². The van der Waals surface area contributed by atoms with Gasteiger partial charge in [0.15, 0.2) is 0 Å². The summed E-state index contributed by atoms with van der Waals surface area (Å²) in [4.78, 5) is 11.8. The highest BCUT2D eigenvalue weighted by Gasteiger charge is 2.64. The van der Waals surface area contributed by atoms with Gasteiger partial charge in [-0.05, 0) is 44.4 Å². The first-order chi connectivity index (χ1) is 8.88. The van der Waals surface area contributed by atoms with E-state index in [-0.39, 0.29) is 25.2 Å². The van der Waals surface area contributed by atoms with Gasteiger partial charge in [-0.2, -0.15) is 13.2 Å². The summed E-state index contributed by atoms with van der Waals surface area (Å²) < 4.78 is 38.2. The molecule has 2 N–H and O–H groups in total. The van der Waals surface area contributed by atoms with Crippen LogP contribution in [0.5, 0.6) is 0 Å². The van der Waals surface area contributed by atoms with Crippen molar-refractivity contribution in [3.05, 3.63) is 0 Å². The van der Waals surface area contributed by atoms with Crippen molar-refractivity contribution in [3.63, 3.8) is 0 Å². The molecule has 2 unspecified atom stereocenters. The molecule has 3 aliphatic rings. The topological polar surface area (TPSA) is 41.1 Å². The molecule has 1 amide bonds. The zero-order valence-electron chi connectivity index (χ0n) is 10.7. The van der Waals surface area contributed by atoms with E-state index in [9.17, 15) is 18.0 Å². The van der Waals surface area contributed by atoms with E-state index in [1.54, 1.807) is 0 Å². The quantitative estimate of drug-likeness (QED) is 0.829. The molecule has 6 heteroatoms. The van der Waals surface area contributed by atoms with E-state index in [0.29, 0.717) is 12.1 Å². The summed E-state index contributed by atoms with van der Waals surface area (Å²) in [5.41, 5.74) is -1.91. The van der Waals surface area contributed by atoms with Gasteiger partial charge < -0.3 is 10.6 Å². The molecule has 19 heavy (non-hydrogen) atoms. The van der Waals surface area contributed by atoms with Crippen molar-refractivity contribution >= 4 is 5.91 Å². The van der Waals surface area contributed by atoms with Crippen molar-refractivity contribution < 1.29 is 18.0 Å². The van der Waals surface area contributed by atoms with Gasteiger partial charge in [0.05, 0.1) is 0 Å². The Bertz CT molecular complexity index is 367. The lowest BCUT2D eigenvalue weighted by molar-refractivity contribution is -0.170. The Balaban J connectivity index is 1.52. The zero-order valence-corrected chi connectivity index (χ0v) is 10.7. The minimum absolute atomic E-state index is 0.0275. The molecule has 0 aromatic rings. The molecule has 2 bridgehead atoms. The molecule has 2 aliphatic heterocycles. The van der Waals surface area contributed by atoms with Crippen LogP contribution >= 0.6 is 0 Å². The van der Waals surface area contributed by atoms with Gasteiger partial charge in [0.25, 0.3) is 0 Å². The first-order valence-electron chi connectivity index (χ1n) is 7.02. The number of nitrogens with one attached hydrogen (secondary N) is 2. The number of fused-ring (bicyclic) bond motifs is 2. The Morgan fingerprint density at radius 2 is 1.79 bits per heavy atom. The Morgan fingerprint density at radius 3 is 2.26 bits per heavy atom. The van der Waals surface area contributed by atoms with Gasteiger partial charge in [-0.25, -0.2) is 0 Å². The van der Waals surface area contributed by atoms with E-state index >= 15 is 0 Å². The summed E-state index contributed by atoms with van der Waals surface area (Å²) in [6.07, 6.45) is 0.0954. The Morgan fingerprint density at radius 1 is 1.21 bits per heavy atom. The van der Waals surface area contributed by atoms with Crippen LogP contribution in [0.2, 0.25) is 0 Å². The molecular weight excluding hydrogens is 257 g/mol. The smallest absolute Gasteiger partial charge is 0.342 e. The second-order valence-corrected chi connectivity index (χ2v) is 6.31. The van der Waals surface area contributed by atoms with E-state index in [1.165, 1.54) is 0 Å². The average molecular weight is 276 g/mol.